The number of benzene rings is 1. The van der Waals surface area contributed by atoms with Gasteiger partial charge in [-0.3, -0.25) is 0 Å². The lowest BCUT2D eigenvalue weighted by Gasteiger charge is -2.13. The molecule has 1 aromatic rings. The molecule has 0 fully saturated rings. The van der Waals surface area contributed by atoms with Gasteiger partial charge in [0.05, 0.1) is 5.57 Å². The van der Waals surface area contributed by atoms with Crippen LogP contribution in [-0.2, 0) is 4.74 Å². The van der Waals surface area contributed by atoms with Crippen molar-refractivity contribution in [3.63, 3.8) is 0 Å². The Kier molecular flexibility index (Phi) is 5.02. The molecule has 0 aromatic heterocycles. The number of hydrogen-bond acceptors (Lipinski definition) is 2. The van der Waals surface area contributed by atoms with Crippen LogP contribution in [0.1, 0.15) is 12.5 Å². The minimum absolute atomic E-state index is 0.0499. The monoisotopic (exact) mass is 303 g/mol. The maximum atomic E-state index is 7.05. The Morgan fingerprint density at radius 3 is 2.26 bits per heavy atom. The molecule has 0 atom stereocenters. The van der Waals surface area contributed by atoms with Crippen molar-refractivity contribution in [1.29, 1.82) is 0 Å². The third kappa shape index (κ3) is 4.12. The van der Waals surface area contributed by atoms with Gasteiger partial charge in [-0.1, -0.05) is 18.2 Å². The van der Waals surface area contributed by atoms with Crippen LogP contribution in [-0.4, -0.2) is 14.1 Å². The highest BCUT2D eigenvalue weighted by molar-refractivity contribution is 5.58. The first-order valence-corrected chi connectivity index (χ1v) is 7.06. The van der Waals surface area contributed by atoms with Gasteiger partial charge in [-0.2, -0.15) is 9.69 Å². The predicted octanol–water partition coefficient (Wildman–Crippen LogP) is 4.63. The second kappa shape index (κ2) is 7.15. The standard InChI is InChI=1S/C19H17N3O/c1-14-12-16(19(20-2)21-3)13-18(23-14)11-8-15-6-9-17(10-7-15)22(4)5/h6-13H,1,4-5H3. The molecule has 0 radical (unpaired) electrons. The van der Waals surface area contributed by atoms with Gasteiger partial charge >= 0.3 is 5.82 Å². The summed E-state index contributed by atoms with van der Waals surface area (Å²) in [5.41, 5.74) is 2.77. The highest BCUT2D eigenvalue weighted by Crippen LogP contribution is 2.24. The van der Waals surface area contributed by atoms with Crippen LogP contribution in [0.3, 0.4) is 0 Å². The van der Waals surface area contributed by atoms with Gasteiger partial charge in [0.2, 0.25) is 0 Å². The van der Waals surface area contributed by atoms with Gasteiger partial charge in [0, 0.05) is 19.8 Å². The van der Waals surface area contributed by atoms with E-state index < -0.39 is 0 Å². The zero-order valence-corrected chi connectivity index (χ0v) is 13.4. The molecule has 0 amide bonds. The molecule has 4 heteroatoms. The van der Waals surface area contributed by atoms with E-state index in [1.54, 1.807) is 19.1 Å². The molecule has 0 N–H and O–H groups in total. The van der Waals surface area contributed by atoms with Gasteiger partial charge < -0.3 is 9.64 Å². The van der Waals surface area contributed by atoms with Crippen molar-refractivity contribution in [3.8, 4) is 0 Å². The first-order valence-electron chi connectivity index (χ1n) is 7.06. The maximum absolute atomic E-state index is 7.05. The second-order valence-corrected chi connectivity index (χ2v) is 5.23. The SMILES string of the molecule is [C-]#[N+]C([N+]#[C-])=C1C=C(C)OC(C=Cc2ccc(N(C)C)cc2)=C1. The number of nitrogens with zero attached hydrogens (tertiary/aromatic N) is 3. The van der Waals surface area contributed by atoms with Crippen molar-refractivity contribution in [2.75, 3.05) is 19.0 Å². The van der Waals surface area contributed by atoms with Gasteiger partial charge in [0.25, 0.3) is 0 Å². The Labute approximate surface area is 136 Å². The molecule has 0 aliphatic carbocycles. The van der Waals surface area contributed by atoms with Gasteiger partial charge in [-0.05, 0) is 42.8 Å². The molecular weight excluding hydrogens is 286 g/mol. The molecule has 1 heterocycles. The summed E-state index contributed by atoms with van der Waals surface area (Å²) in [4.78, 5) is 8.53. The quantitative estimate of drug-likeness (QED) is 0.759. The van der Waals surface area contributed by atoms with E-state index in [9.17, 15) is 0 Å². The van der Waals surface area contributed by atoms with E-state index in [4.69, 9.17) is 17.9 Å². The molecule has 0 bridgehead atoms. The van der Waals surface area contributed by atoms with Crippen LogP contribution < -0.4 is 4.90 Å². The lowest BCUT2D eigenvalue weighted by Crippen LogP contribution is -2.07. The Morgan fingerprint density at radius 1 is 1.04 bits per heavy atom. The summed E-state index contributed by atoms with van der Waals surface area (Å²) in [5, 5.41) is 0. The number of allylic oxidation sites excluding steroid dienone is 5. The fraction of sp³-hybridized carbons (Fsp3) is 0.158. The lowest BCUT2D eigenvalue weighted by molar-refractivity contribution is 0.318. The third-order valence-corrected chi connectivity index (χ3v) is 3.25. The van der Waals surface area contributed by atoms with Crippen LogP contribution in [0, 0.1) is 13.1 Å². The van der Waals surface area contributed by atoms with E-state index in [0.717, 1.165) is 11.3 Å². The molecule has 0 unspecified atom stereocenters. The first-order chi connectivity index (χ1) is 11.0. The van der Waals surface area contributed by atoms with Gasteiger partial charge in [0.15, 0.2) is 0 Å². The normalized spacial score (nSPS) is 13.5. The average molecular weight is 303 g/mol. The third-order valence-electron chi connectivity index (χ3n) is 3.25. The second-order valence-electron chi connectivity index (χ2n) is 5.23. The molecule has 2 rings (SSSR count). The highest BCUT2D eigenvalue weighted by atomic mass is 16.5. The fourth-order valence-corrected chi connectivity index (χ4v) is 2.09. The van der Waals surface area contributed by atoms with E-state index in [0.29, 0.717) is 17.1 Å². The van der Waals surface area contributed by atoms with Crippen molar-refractivity contribution >= 4 is 11.8 Å². The van der Waals surface area contributed by atoms with E-state index in [2.05, 4.69) is 9.69 Å². The Bertz CT molecular complexity index is 779. The van der Waals surface area contributed by atoms with Crippen LogP contribution in [0.4, 0.5) is 5.69 Å². The van der Waals surface area contributed by atoms with Crippen LogP contribution in [0.15, 0.2) is 65.4 Å². The van der Waals surface area contributed by atoms with Crippen molar-refractivity contribution < 1.29 is 4.74 Å². The summed E-state index contributed by atoms with van der Waals surface area (Å²) in [6.07, 6.45) is 7.20. The molecule has 1 aliphatic heterocycles. The lowest BCUT2D eigenvalue weighted by atomic mass is 10.1. The van der Waals surface area contributed by atoms with Crippen molar-refractivity contribution in [3.05, 3.63) is 93.8 Å². The zero-order chi connectivity index (χ0) is 16.8. The fourth-order valence-electron chi connectivity index (χ4n) is 2.09. The number of anilines is 1. The largest absolute Gasteiger partial charge is 0.526 e. The smallest absolute Gasteiger partial charge is 0.462 e. The molecule has 114 valence electrons. The molecule has 1 aromatic carbocycles. The van der Waals surface area contributed by atoms with Gasteiger partial charge in [-0.25, -0.2) is 0 Å². The molecule has 4 nitrogen and oxygen atoms in total. The van der Waals surface area contributed by atoms with E-state index in [-0.39, 0.29) is 5.82 Å². The topological polar surface area (TPSA) is 21.2 Å². The van der Waals surface area contributed by atoms with E-state index in [1.807, 2.05) is 55.4 Å². The molecule has 0 spiro atoms. The van der Waals surface area contributed by atoms with Crippen molar-refractivity contribution in [2.45, 2.75) is 6.92 Å². The van der Waals surface area contributed by atoms with Crippen LogP contribution in [0.2, 0.25) is 0 Å². The van der Waals surface area contributed by atoms with E-state index >= 15 is 0 Å². The Hall–Kier alpha value is -3.24. The maximum Gasteiger partial charge on any atom is 0.526 e. The van der Waals surface area contributed by atoms with Gasteiger partial charge in [-0.15, -0.1) is 0 Å². The van der Waals surface area contributed by atoms with Gasteiger partial charge in [0.1, 0.15) is 24.7 Å². The molecule has 0 saturated carbocycles. The summed E-state index contributed by atoms with van der Waals surface area (Å²) in [5.74, 6) is 1.32. The summed E-state index contributed by atoms with van der Waals surface area (Å²) >= 11 is 0. The molecule has 0 saturated heterocycles. The van der Waals surface area contributed by atoms with Crippen LogP contribution in [0.5, 0.6) is 0 Å². The predicted molar refractivity (Wildman–Crippen MR) is 93.0 cm³/mol. The summed E-state index contributed by atoms with van der Waals surface area (Å²) in [6.45, 7) is 15.9. The summed E-state index contributed by atoms with van der Waals surface area (Å²) < 4.78 is 5.63. The number of ether oxygens (including phenoxy) is 1. The zero-order valence-electron chi connectivity index (χ0n) is 13.4. The molecule has 1 aliphatic rings. The highest BCUT2D eigenvalue weighted by Gasteiger charge is 2.15. The minimum Gasteiger partial charge on any atom is -0.462 e. The van der Waals surface area contributed by atoms with Crippen molar-refractivity contribution in [1.82, 2.24) is 0 Å². The van der Waals surface area contributed by atoms with Crippen molar-refractivity contribution in [2.24, 2.45) is 0 Å². The summed E-state index contributed by atoms with van der Waals surface area (Å²) in [7, 11) is 4.00. The number of hydrogen-bond donors (Lipinski definition) is 0. The Balaban J connectivity index is 2.24. The summed E-state index contributed by atoms with van der Waals surface area (Å²) in [6, 6.07) is 8.14. The minimum atomic E-state index is 0.0499. The van der Waals surface area contributed by atoms with E-state index in [1.165, 1.54) is 0 Å². The Morgan fingerprint density at radius 2 is 1.70 bits per heavy atom. The first kappa shape index (κ1) is 16.1. The average Bonchev–Trinajstić information content (AvgIpc) is 2.54. The molecular formula is C19H17N3O. The molecule has 23 heavy (non-hydrogen) atoms. The van der Waals surface area contributed by atoms with Crippen LogP contribution in [0.25, 0.3) is 15.8 Å². The number of rotatable bonds is 3. The van der Waals surface area contributed by atoms with Crippen LogP contribution >= 0.6 is 0 Å².